The van der Waals surface area contributed by atoms with Crippen molar-refractivity contribution in [3.05, 3.63) is 64.5 Å². The van der Waals surface area contributed by atoms with E-state index in [9.17, 15) is 4.79 Å². The lowest BCUT2D eigenvalue weighted by Gasteiger charge is -2.03. The van der Waals surface area contributed by atoms with Crippen molar-refractivity contribution in [2.45, 2.75) is 6.54 Å². The second-order valence-corrected chi connectivity index (χ2v) is 4.36. The zero-order valence-corrected chi connectivity index (χ0v) is 11.1. The third-order valence-corrected chi connectivity index (χ3v) is 3.03. The Morgan fingerprint density at radius 2 is 2.14 bits per heavy atom. The van der Waals surface area contributed by atoms with Gasteiger partial charge in [0.15, 0.2) is 5.65 Å². The van der Waals surface area contributed by atoms with Crippen LogP contribution in [0.15, 0.2) is 47.7 Å². The van der Waals surface area contributed by atoms with Crippen molar-refractivity contribution in [3.8, 4) is 11.8 Å². The van der Waals surface area contributed by atoms with Crippen LogP contribution in [0.2, 0.25) is 0 Å². The predicted octanol–water partition coefficient (Wildman–Crippen LogP) is 0.283. The molecule has 1 aromatic carbocycles. The van der Waals surface area contributed by atoms with E-state index in [2.05, 4.69) is 21.9 Å². The highest BCUT2D eigenvalue weighted by Crippen LogP contribution is 2.08. The summed E-state index contributed by atoms with van der Waals surface area (Å²) in [6.45, 7) is 0.116. The molecule has 6 heteroatoms. The molecule has 0 bridgehead atoms. The van der Waals surface area contributed by atoms with Gasteiger partial charge in [0.2, 0.25) is 0 Å². The van der Waals surface area contributed by atoms with E-state index in [1.807, 2.05) is 24.3 Å². The summed E-state index contributed by atoms with van der Waals surface area (Å²) in [6.07, 6.45) is 4.66. The Morgan fingerprint density at radius 3 is 2.95 bits per heavy atom. The maximum Gasteiger partial charge on any atom is 0.350 e. The molecule has 0 aliphatic rings. The van der Waals surface area contributed by atoms with E-state index in [1.54, 1.807) is 12.4 Å². The monoisotopic (exact) mass is 280 g/mol. The number of aliphatic hydroxyl groups excluding tert-OH is 1. The van der Waals surface area contributed by atoms with Crippen LogP contribution in [-0.4, -0.2) is 30.9 Å². The minimum Gasteiger partial charge on any atom is -0.384 e. The van der Waals surface area contributed by atoms with Crippen molar-refractivity contribution in [2.75, 3.05) is 6.61 Å². The molecule has 0 radical (unpaired) electrons. The molecular formula is C15H12N4O2. The molecule has 21 heavy (non-hydrogen) atoms. The van der Waals surface area contributed by atoms with E-state index in [-0.39, 0.29) is 12.3 Å². The first-order chi connectivity index (χ1) is 10.3. The van der Waals surface area contributed by atoms with Gasteiger partial charge < -0.3 is 5.11 Å². The molecule has 104 valence electrons. The van der Waals surface area contributed by atoms with Crippen LogP contribution < -0.4 is 5.69 Å². The van der Waals surface area contributed by atoms with Crippen molar-refractivity contribution in [1.29, 1.82) is 0 Å². The molecule has 0 unspecified atom stereocenters. The third-order valence-electron chi connectivity index (χ3n) is 3.03. The lowest BCUT2D eigenvalue weighted by molar-refractivity contribution is 0.350. The minimum absolute atomic E-state index is 0.200. The summed E-state index contributed by atoms with van der Waals surface area (Å²) in [7, 11) is 0. The molecule has 0 fully saturated rings. The van der Waals surface area contributed by atoms with Gasteiger partial charge in [0.05, 0.1) is 12.7 Å². The largest absolute Gasteiger partial charge is 0.384 e. The fraction of sp³-hybridized carbons (Fsp3) is 0.133. The molecule has 1 N–H and O–H groups in total. The fourth-order valence-electron chi connectivity index (χ4n) is 2.06. The summed E-state index contributed by atoms with van der Waals surface area (Å²) in [4.78, 5) is 16.2. The van der Waals surface area contributed by atoms with E-state index in [0.717, 1.165) is 11.1 Å². The van der Waals surface area contributed by atoms with Crippen LogP contribution in [0.4, 0.5) is 0 Å². The van der Waals surface area contributed by atoms with Crippen LogP contribution in [0.25, 0.3) is 5.65 Å². The summed E-state index contributed by atoms with van der Waals surface area (Å²) < 4.78 is 2.81. The highest BCUT2D eigenvalue weighted by Gasteiger charge is 2.08. The van der Waals surface area contributed by atoms with E-state index in [4.69, 9.17) is 5.11 Å². The molecule has 0 spiro atoms. The van der Waals surface area contributed by atoms with Gasteiger partial charge in [-0.2, -0.15) is 0 Å². The van der Waals surface area contributed by atoms with Crippen molar-refractivity contribution in [1.82, 2.24) is 19.2 Å². The fourth-order valence-corrected chi connectivity index (χ4v) is 2.06. The number of hydrogen-bond donors (Lipinski definition) is 1. The summed E-state index contributed by atoms with van der Waals surface area (Å²) in [5.41, 5.74) is 1.92. The van der Waals surface area contributed by atoms with Gasteiger partial charge in [0.1, 0.15) is 6.61 Å². The molecule has 0 atom stereocenters. The van der Waals surface area contributed by atoms with E-state index < -0.39 is 0 Å². The van der Waals surface area contributed by atoms with Gasteiger partial charge in [-0.25, -0.2) is 13.9 Å². The molecule has 2 aromatic heterocycles. The van der Waals surface area contributed by atoms with Gasteiger partial charge in [0, 0.05) is 18.0 Å². The van der Waals surface area contributed by atoms with Gasteiger partial charge in [0.25, 0.3) is 0 Å². The summed E-state index contributed by atoms with van der Waals surface area (Å²) in [5.74, 6) is 5.49. The first-order valence-corrected chi connectivity index (χ1v) is 6.36. The lowest BCUT2D eigenvalue weighted by Crippen LogP contribution is -2.22. The second kappa shape index (κ2) is 5.61. The first kappa shape index (κ1) is 13.1. The number of nitrogens with zero attached hydrogens (tertiary/aromatic N) is 4. The molecule has 0 amide bonds. The average molecular weight is 280 g/mol. The van der Waals surface area contributed by atoms with Gasteiger partial charge in [-0.05, 0) is 11.6 Å². The minimum atomic E-state index is -0.225. The van der Waals surface area contributed by atoms with Crippen LogP contribution in [-0.2, 0) is 6.54 Å². The number of rotatable bonds is 2. The van der Waals surface area contributed by atoms with E-state index in [0.29, 0.717) is 12.2 Å². The van der Waals surface area contributed by atoms with Gasteiger partial charge >= 0.3 is 5.69 Å². The van der Waals surface area contributed by atoms with Crippen LogP contribution >= 0.6 is 0 Å². The number of aromatic nitrogens is 4. The van der Waals surface area contributed by atoms with Crippen molar-refractivity contribution >= 4 is 5.65 Å². The standard InChI is InChI=1S/C15H12N4O2/c20-9-3-6-12-4-1-2-5-13(12)11-19-15(21)18-8-7-16-10-14(18)17-19/h1-2,4-5,7-8,10,20H,9,11H2. The van der Waals surface area contributed by atoms with Gasteiger partial charge in [-0.1, -0.05) is 30.0 Å². The second-order valence-electron chi connectivity index (χ2n) is 4.36. The van der Waals surface area contributed by atoms with Crippen molar-refractivity contribution in [3.63, 3.8) is 0 Å². The van der Waals surface area contributed by atoms with Crippen molar-refractivity contribution < 1.29 is 5.11 Å². The molecule has 0 saturated carbocycles. The van der Waals surface area contributed by atoms with E-state index in [1.165, 1.54) is 15.3 Å². The first-order valence-electron chi connectivity index (χ1n) is 6.36. The third kappa shape index (κ3) is 2.55. The molecule has 0 aliphatic heterocycles. The smallest absolute Gasteiger partial charge is 0.350 e. The average Bonchev–Trinajstić information content (AvgIpc) is 2.83. The maximum atomic E-state index is 12.2. The number of benzene rings is 1. The van der Waals surface area contributed by atoms with Crippen LogP contribution in [0.1, 0.15) is 11.1 Å². The summed E-state index contributed by atoms with van der Waals surface area (Å²) in [5, 5.41) is 13.0. The van der Waals surface area contributed by atoms with Crippen LogP contribution in [0.5, 0.6) is 0 Å². The quantitative estimate of drug-likeness (QED) is 0.685. The lowest BCUT2D eigenvalue weighted by atomic mass is 10.1. The van der Waals surface area contributed by atoms with Gasteiger partial charge in [-0.15, -0.1) is 5.10 Å². The predicted molar refractivity (Wildman–Crippen MR) is 76.8 cm³/mol. The Labute approximate surface area is 120 Å². The summed E-state index contributed by atoms with van der Waals surface area (Å²) in [6, 6.07) is 7.47. The molecular weight excluding hydrogens is 268 g/mol. The molecule has 0 saturated heterocycles. The van der Waals surface area contributed by atoms with Crippen molar-refractivity contribution in [2.24, 2.45) is 0 Å². The SMILES string of the molecule is O=c1n(Cc2ccccc2C#CCO)nc2cnccn12. The molecule has 0 aliphatic carbocycles. The normalized spacial score (nSPS) is 10.3. The number of hydrogen-bond acceptors (Lipinski definition) is 4. The summed E-state index contributed by atoms with van der Waals surface area (Å²) >= 11 is 0. The van der Waals surface area contributed by atoms with E-state index >= 15 is 0 Å². The van der Waals surface area contributed by atoms with Gasteiger partial charge in [-0.3, -0.25) is 4.98 Å². The molecule has 2 heterocycles. The molecule has 6 nitrogen and oxygen atoms in total. The maximum absolute atomic E-state index is 12.2. The highest BCUT2D eigenvalue weighted by molar-refractivity contribution is 5.41. The Kier molecular flexibility index (Phi) is 3.50. The number of fused-ring (bicyclic) bond motifs is 1. The van der Waals surface area contributed by atoms with Crippen LogP contribution in [0, 0.1) is 11.8 Å². The Hall–Kier alpha value is -2.91. The van der Waals surface area contributed by atoms with Crippen LogP contribution in [0.3, 0.4) is 0 Å². The zero-order chi connectivity index (χ0) is 14.7. The Balaban J connectivity index is 2.03. The molecule has 3 rings (SSSR count). The Morgan fingerprint density at radius 1 is 1.29 bits per heavy atom. The molecule has 3 aromatic rings. The highest BCUT2D eigenvalue weighted by atomic mass is 16.2. The topological polar surface area (TPSA) is 72.4 Å². The zero-order valence-electron chi connectivity index (χ0n) is 11.1. The number of aliphatic hydroxyl groups is 1. The Bertz CT molecular complexity index is 899.